The Kier molecular flexibility index (Phi) is 33.6. The Morgan fingerprint density at radius 3 is 1.12 bits per heavy atom. The van der Waals surface area contributed by atoms with E-state index >= 15 is 0 Å². The fourth-order valence-corrected chi connectivity index (χ4v) is 6.06. The van der Waals surface area contributed by atoms with Crippen LogP contribution in [-0.4, -0.2) is 23.1 Å². The fourth-order valence-electron chi connectivity index (χ4n) is 6.06. The maximum absolute atomic E-state index is 12.4. The van der Waals surface area contributed by atoms with E-state index in [9.17, 15) is 9.59 Å². The van der Waals surface area contributed by atoms with Crippen LogP contribution in [0, 0.1) is 0 Å². The predicted molar refractivity (Wildman–Crippen MR) is 181 cm³/mol. The summed E-state index contributed by atoms with van der Waals surface area (Å²) in [5.41, 5.74) is 0. The summed E-state index contributed by atoms with van der Waals surface area (Å²) in [5, 5.41) is 8.65. The Bertz CT molecular complexity index is 561. The van der Waals surface area contributed by atoms with Gasteiger partial charge in [0.25, 0.3) is 0 Å². The zero-order chi connectivity index (χ0) is 30.8. The molecule has 4 nitrogen and oxygen atoms in total. The average molecular weight is 595 g/mol. The maximum atomic E-state index is 12.4. The van der Waals surface area contributed by atoms with Gasteiger partial charge in [0.1, 0.15) is 6.10 Å². The Morgan fingerprint density at radius 1 is 0.429 bits per heavy atom. The second kappa shape index (κ2) is 34.4. The molecule has 0 rings (SSSR count). The number of hydrogen-bond acceptors (Lipinski definition) is 3. The molecule has 0 aliphatic heterocycles. The largest absolute Gasteiger partial charge is 0.481 e. The van der Waals surface area contributed by atoms with Crippen molar-refractivity contribution in [2.75, 3.05) is 0 Å². The highest BCUT2D eigenvalue weighted by atomic mass is 16.5. The molecule has 1 atom stereocenters. The zero-order valence-electron chi connectivity index (χ0n) is 28.6. The van der Waals surface area contributed by atoms with Crippen molar-refractivity contribution in [1.82, 2.24) is 0 Å². The lowest BCUT2D eigenvalue weighted by Crippen LogP contribution is -2.18. The van der Waals surface area contributed by atoms with Crippen molar-refractivity contribution in [3.05, 3.63) is 0 Å². The Balaban J connectivity index is 3.49. The van der Waals surface area contributed by atoms with Crippen LogP contribution in [0.15, 0.2) is 0 Å². The summed E-state index contributed by atoms with van der Waals surface area (Å²) in [6.45, 7) is 4.47. The number of aliphatic carboxylic acids is 1. The van der Waals surface area contributed by atoms with Gasteiger partial charge in [0.2, 0.25) is 0 Å². The second-order valence-corrected chi connectivity index (χ2v) is 13.1. The standard InChI is InChI=1S/C38H74O4/c1-3-5-6-7-8-9-10-14-19-22-25-28-31-35-38(41)42-36(32-4-2)33-29-26-23-20-17-15-12-11-13-16-18-21-24-27-30-34-37(39)40/h36H,3-35H2,1-2H3,(H,39,40). The van der Waals surface area contributed by atoms with Crippen LogP contribution in [0.25, 0.3) is 0 Å². The quantitative estimate of drug-likeness (QED) is 0.0585. The third-order valence-electron chi connectivity index (χ3n) is 8.81. The van der Waals surface area contributed by atoms with Gasteiger partial charge >= 0.3 is 11.9 Å². The lowest BCUT2D eigenvalue weighted by molar-refractivity contribution is -0.150. The summed E-state index contributed by atoms with van der Waals surface area (Å²) >= 11 is 0. The molecule has 0 aromatic rings. The molecule has 0 spiro atoms. The van der Waals surface area contributed by atoms with Crippen molar-refractivity contribution in [3.8, 4) is 0 Å². The van der Waals surface area contributed by atoms with E-state index in [1.807, 2.05) is 0 Å². The number of hydrogen-bond donors (Lipinski definition) is 1. The van der Waals surface area contributed by atoms with Crippen LogP contribution in [0.2, 0.25) is 0 Å². The Morgan fingerprint density at radius 2 is 0.762 bits per heavy atom. The molecule has 0 saturated heterocycles. The van der Waals surface area contributed by atoms with Crippen molar-refractivity contribution < 1.29 is 19.4 Å². The summed E-state index contributed by atoms with van der Waals surface area (Å²) in [4.78, 5) is 22.9. The van der Waals surface area contributed by atoms with E-state index in [-0.39, 0.29) is 12.1 Å². The minimum Gasteiger partial charge on any atom is -0.481 e. The molecule has 0 aliphatic carbocycles. The van der Waals surface area contributed by atoms with Gasteiger partial charge < -0.3 is 9.84 Å². The van der Waals surface area contributed by atoms with E-state index in [0.717, 1.165) is 38.5 Å². The summed E-state index contributed by atoms with van der Waals surface area (Å²) in [7, 11) is 0. The monoisotopic (exact) mass is 595 g/mol. The van der Waals surface area contributed by atoms with Crippen LogP contribution in [-0.2, 0) is 14.3 Å². The van der Waals surface area contributed by atoms with Gasteiger partial charge in [-0.05, 0) is 32.1 Å². The van der Waals surface area contributed by atoms with Gasteiger partial charge in [-0.15, -0.1) is 0 Å². The molecule has 1 unspecified atom stereocenters. The minimum absolute atomic E-state index is 0.0345. The lowest BCUT2D eigenvalue weighted by Gasteiger charge is -2.17. The summed E-state index contributed by atoms with van der Waals surface area (Å²) in [6.07, 6.45) is 40.4. The third kappa shape index (κ3) is 33.4. The van der Waals surface area contributed by atoms with E-state index in [2.05, 4.69) is 13.8 Å². The molecular weight excluding hydrogens is 520 g/mol. The number of unbranched alkanes of at least 4 members (excludes halogenated alkanes) is 26. The Labute approximate surface area is 262 Å². The minimum atomic E-state index is -0.663. The van der Waals surface area contributed by atoms with Crippen molar-refractivity contribution >= 4 is 11.9 Å². The first-order chi connectivity index (χ1) is 20.6. The molecule has 0 amide bonds. The van der Waals surface area contributed by atoms with E-state index in [0.29, 0.717) is 12.8 Å². The van der Waals surface area contributed by atoms with Crippen LogP contribution in [0.1, 0.15) is 226 Å². The van der Waals surface area contributed by atoms with Gasteiger partial charge in [0, 0.05) is 12.8 Å². The van der Waals surface area contributed by atoms with Gasteiger partial charge in [-0.2, -0.15) is 0 Å². The van der Waals surface area contributed by atoms with Gasteiger partial charge in [-0.1, -0.05) is 181 Å². The van der Waals surface area contributed by atoms with Gasteiger partial charge in [0.15, 0.2) is 0 Å². The number of rotatable bonds is 35. The first-order valence-electron chi connectivity index (χ1n) is 19.0. The molecule has 0 heterocycles. The van der Waals surface area contributed by atoms with E-state index in [1.165, 1.54) is 161 Å². The number of carboxylic acid groups (broad SMARTS) is 1. The fraction of sp³-hybridized carbons (Fsp3) is 0.947. The molecule has 4 heteroatoms. The molecule has 0 bridgehead atoms. The predicted octanol–water partition coefficient (Wildman–Crippen LogP) is 12.9. The normalized spacial score (nSPS) is 12.0. The number of carbonyl (C=O) groups is 2. The average Bonchev–Trinajstić information content (AvgIpc) is 2.97. The molecule has 0 radical (unpaired) electrons. The van der Waals surface area contributed by atoms with E-state index in [1.54, 1.807) is 0 Å². The van der Waals surface area contributed by atoms with Crippen molar-refractivity contribution in [2.45, 2.75) is 232 Å². The number of esters is 1. The zero-order valence-corrected chi connectivity index (χ0v) is 28.6. The molecule has 0 fully saturated rings. The van der Waals surface area contributed by atoms with Crippen LogP contribution >= 0.6 is 0 Å². The number of carboxylic acids is 1. The summed E-state index contributed by atoms with van der Waals surface area (Å²) in [6, 6.07) is 0. The topological polar surface area (TPSA) is 63.6 Å². The van der Waals surface area contributed by atoms with Gasteiger partial charge in [-0.3, -0.25) is 9.59 Å². The molecule has 0 aromatic heterocycles. The highest BCUT2D eigenvalue weighted by Gasteiger charge is 2.13. The molecule has 0 aromatic carbocycles. The van der Waals surface area contributed by atoms with E-state index in [4.69, 9.17) is 9.84 Å². The first-order valence-corrected chi connectivity index (χ1v) is 19.0. The van der Waals surface area contributed by atoms with Crippen molar-refractivity contribution in [1.29, 1.82) is 0 Å². The lowest BCUT2D eigenvalue weighted by atomic mass is 10.0. The maximum Gasteiger partial charge on any atom is 0.306 e. The SMILES string of the molecule is CCCCCCCCCCCCCCCC(=O)OC(CCC)CCCCCCCCCCCCCCCCCC(=O)O. The number of ether oxygens (including phenoxy) is 1. The molecule has 250 valence electrons. The number of carbonyl (C=O) groups excluding carboxylic acids is 1. The molecule has 0 aliphatic rings. The smallest absolute Gasteiger partial charge is 0.306 e. The summed E-state index contributed by atoms with van der Waals surface area (Å²) < 4.78 is 5.87. The Hall–Kier alpha value is -1.06. The van der Waals surface area contributed by atoms with Crippen LogP contribution in [0.4, 0.5) is 0 Å². The van der Waals surface area contributed by atoms with E-state index < -0.39 is 5.97 Å². The molecule has 0 saturated carbocycles. The molecular formula is C38H74O4. The van der Waals surface area contributed by atoms with Crippen LogP contribution in [0.5, 0.6) is 0 Å². The highest BCUT2D eigenvalue weighted by molar-refractivity contribution is 5.69. The van der Waals surface area contributed by atoms with Crippen molar-refractivity contribution in [2.24, 2.45) is 0 Å². The van der Waals surface area contributed by atoms with Crippen molar-refractivity contribution in [3.63, 3.8) is 0 Å². The first kappa shape index (κ1) is 40.9. The second-order valence-electron chi connectivity index (χ2n) is 13.1. The van der Waals surface area contributed by atoms with Gasteiger partial charge in [-0.25, -0.2) is 0 Å². The molecule has 42 heavy (non-hydrogen) atoms. The van der Waals surface area contributed by atoms with Gasteiger partial charge in [0.05, 0.1) is 0 Å². The third-order valence-corrected chi connectivity index (χ3v) is 8.81. The van der Waals surface area contributed by atoms with Crippen LogP contribution in [0.3, 0.4) is 0 Å². The van der Waals surface area contributed by atoms with Crippen LogP contribution < -0.4 is 0 Å². The highest BCUT2D eigenvalue weighted by Crippen LogP contribution is 2.18. The summed E-state index contributed by atoms with van der Waals surface area (Å²) in [5.74, 6) is -0.629. The molecule has 1 N–H and O–H groups in total.